The molecule has 3 heterocycles. The first kappa shape index (κ1) is 24.3. The molecule has 1 amide bonds. The first-order valence-corrected chi connectivity index (χ1v) is 12.6. The number of rotatable bonds is 9. The van der Waals surface area contributed by atoms with Crippen LogP contribution in [0.5, 0.6) is 5.75 Å². The van der Waals surface area contributed by atoms with Crippen LogP contribution in [-0.2, 0) is 14.3 Å². The molecule has 0 aromatic heterocycles. The van der Waals surface area contributed by atoms with Crippen LogP contribution in [0.3, 0.4) is 0 Å². The van der Waals surface area contributed by atoms with Crippen LogP contribution in [0.4, 0.5) is 0 Å². The number of allylic oxidation sites excluding steroid dienone is 1. The molecule has 1 fully saturated rings. The van der Waals surface area contributed by atoms with Crippen molar-refractivity contribution in [1.29, 1.82) is 0 Å². The number of fused-ring (bicyclic) bond motifs is 1. The monoisotopic (exact) mass is 484 g/mol. The minimum atomic E-state index is -0.496. The second-order valence-corrected chi connectivity index (χ2v) is 9.25. The molecule has 182 valence electrons. The van der Waals surface area contributed by atoms with Crippen molar-refractivity contribution in [3.63, 3.8) is 0 Å². The summed E-state index contributed by atoms with van der Waals surface area (Å²) in [5, 5.41) is 5.75. The van der Waals surface area contributed by atoms with E-state index in [1.165, 1.54) is 31.7 Å². The highest BCUT2D eigenvalue weighted by Gasteiger charge is 2.42. The van der Waals surface area contributed by atoms with E-state index in [1.54, 1.807) is 7.11 Å². The molecular formula is C25H32N4O4S. The predicted molar refractivity (Wildman–Crippen MR) is 133 cm³/mol. The van der Waals surface area contributed by atoms with Crippen LogP contribution < -0.4 is 10.1 Å². The first-order valence-electron chi connectivity index (χ1n) is 11.7. The number of amides is 1. The first-order chi connectivity index (χ1) is 16.6. The molecular weight excluding hydrogens is 452 g/mol. The van der Waals surface area contributed by atoms with Gasteiger partial charge in [0.1, 0.15) is 5.75 Å². The van der Waals surface area contributed by atoms with Crippen LogP contribution in [0.15, 0.2) is 51.6 Å². The van der Waals surface area contributed by atoms with Crippen LogP contribution in [0.1, 0.15) is 44.2 Å². The highest BCUT2D eigenvalue weighted by atomic mass is 32.2. The molecule has 0 unspecified atom stereocenters. The zero-order chi connectivity index (χ0) is 24.1. The molecule has 0 bridgehead atoms. The van der Waals surface area contributed by atoms with E-state index in [0.717, 1.165) is 36.1 Å². The third kappa shape index (κ3) is 5.00. The second-order valence-electron chi connectivity index (χ2n) is 8.42. The van der Waals surface area contributed by atoms with Gasteiger partial charge in [-0.1, -0.05) is 36.9 Å². The van der Waals surface area contributed by atoms with Crippen LogP contribution in [0, 0.1) is 0 Å². The van der Waals surface area contributed by atoms with Gasteiger partial charge < -0.3 is 24.6 Å². The van der Waals surface area contributed by atoms with Crippen molar-refractivity contribution in [1.82, 2.24) is 15.1 Å². The highest BCUT2D eigenvalue weighted by molar-refractivity contribution is 8.16. The van der Waals surface area contributed by atoms with Crippen molar-refractivity contribution in [3.8, 4) is 5.75 Å². The van der Waals surface area contributed by atoms with Crippen LogP contribution >= 0.6 is 11.8 Å². The summed E-state index contributed by atoms with van der Waals surface area (Å²) in [6.45, 7) is 5.68. The van der Waals surface area contributed by atoms with E-state index >= 15 is 0 Å². The Labute approximate surface area is 205 Å². The van der Waals surface area contributed by atoms with E-state index in [4.69, 9.17) is 14.5 Å². The summed E-state index contributed by atoms with van der Waals surface area (Å²) in [7, 11) is 2.99. The Balaban J connectivity index is 1.60. The molecule has 1 aromatic carbocycles. The number of ether oxygens (including phenoxy) is 2. The number of hydrogen-bond acceptors (Lipinski definition) is 8. The summed E-state index contributed by atoms with van der Waals surface area (Å²) in [4.78, 5) is 34.9. The van der Waals surface area contributed by atoms with Crippen molar-refractivity contribution >= 4 is 28.8 Å². The Morgan fingerprint density at radius 1 is 1.21 bits per heavy atom. The number of aliphatic imine (C=N–C) groups is 1. The van der Waals surface area contributed by atoms with Gasteiger partial charge in [-0.05, 0) is 43.8 Å². The van der Waals surface area contributed by atoms with Gasteiger partial charge in [0.2, 0.25) is 5.91 Å². The van der Waals surface area contributed by atoms with Crippen LogP contribution in [0.2, 0.25) is 0 Å². The topological polar surface area (TPSA) is 83.5 Å². The van der Waals surface area contributed by atoms with Crippen LogP contribution in [0.25, 0.3) is 0 Å². The average molecular weight is 485 g/mol. The number of amidine groups is 1. The molecule has 8 nitrogen and oxygen atoms in total. The lowest BCUT2D eigenvalue weighted by Gasteiger charge is -2.37. The second kappa shape index (κ2) is 11.1. The van der Waals surface area contributed by atoms with E-state index in [1.807, 2.05) is 41.5 Å². The summed E-state index contributed by atoms with van der Waals surface area (Å²) in [5.74, 6) is 0.190. The van der Waals surface area contributed by atoms with Gasteiger partial charge in [0.05, 0.1) is 38.0 Å². The number of para-hydroxylation sites is 1. The summed E-state index contributed by atoms with van der Waals surface area (Å²) >= 11 is 1.47. The van der Waals surface area contributed by atoms with Crippen LogP contribution in [-0.4, -0.2) is 67.2 Å². The molecule has 4 rings (SSSR count). The van der Waals surface area contributed by atoms with Gasteiger partial charge in [-0.2, -0.15) is 0 Å². The molecule has 1 N–H and O–H groups in total. The van der Waals surface area contributed by atoms with Gasteiger partial charge in [-0.25, -0.2) is 9.79 Å². The Kier molecular flexibility index (Phi) is 7.95. The maximum absolute atomic E-state index is 13.0. The van der Waals surface area contributed by atoms with E-state index in [9.17, 15) is 9.59 Å². The standard InChI is InChI=1S/C25H32N4O4S/c1-4-19-22(24(31)33-3)23(18-9-5-6-10-20(18)32-2)29-17(16-34-25(29)27-19)15-21(30)26-11-14-28-12-7-8-13-28/h5-6,9-10,16,23H,4,7-8,11-15H2,1-3H3,(H,26,30)/t23-/m1/s1. The quantitative estimate of drug-likeness (QED) is 0.538. The van der Waals surface area contributed by atoms with Crippen molar-refractivity contribution in [2.45, 2.75) is 38.6 Å². The Morgan fingerprint density at radius 2 is 1.97 bits per heavy atom. The van der Waals surface area contributed by atoms with Crippen molar-refractivity contribution in [3.05, 3.63) is 52.2 Å². The van der Waals surface area contributed by atoms with Crippen molar-refractivity contribution in [2.24, 2.45) is 4.99 Å². The molecule has 0 aliphatic carbocycles. The minimum absolute atomic E-state index is 0.0454. The molecule has 0 spiro atoms. The minimum Gasteiger partial charge on any atom is -0.496 e. The number of nitrogens with one attached hydrogen (secondary N) is 1. The third-order valence-corrected chi connectivity index (χ3v) is 7.24. The SMILES string of the molecule is CCC1=C(C(=O)OC)[C@@H](c2ccccc2OC)N2C(CC(=O)NCCN3CCCC3)=CSC2=N1. The molecule has 1 aromatic rings. The average Bonchev–Trinajstić information content (AvgIpc) is 3.52. The van der Waals surface area contributed by atoms with Gasteiger partial charge >= 0.3 is 5.97 Å². The molecule has 1 atom stereocenters. The fourth-order valence-electron chi connectivity index (χ4n) is 4.69. The van der Waals surface area contributed by atoms with Crippen molar-refractivity contribution in [2.75, 3.05) is 40.4 Å². The lowest BCUT2D eigenvalue weighted by atomic mass is 9.92. The maximum Gasteiger partial charge on any atom is 0.338 e. The molecule has 0 radical (unpaired) electrons. The van der Waals surface area contributed by atoms with Gasteiger partial charge in [0.15, 0.2) is 5.17 Å². The van der Waals surface area contributed by atoms with Gasteiger partial charge in [-0.3, -0.25) is 4.79 Å². The fraction of sp³-hybridized carbons (Fsp3) is 0.480. The Hall–Kier alpha value is -2.78. The lowest BCUT2D eigenvalue weighted by molar-refractivity contribution is -0.136. The molecule has 0 saturated carbocycles. The Morgan fingerprint density at radius 3 is 2.68 bits per heavy atom. The number of nitrogens with zero attached hydrogens (tertiary/aromatic N) is 3. The lowest BCUT2D eigenvalue weighted by Crippen LogP contribution is -2.39. The number of carbonyl (C=O) groups excluding carboxylic acids is 2. The number of methoxy groups -OCH3 is 2. The summed E-state index contributed by atoms with van der Waals surface area (Å²) < 4.78 is 10.8. The molecule has 9 heteroatoms. The number of esters is 1. The zero-order valence-electron chi connectivity index (χ0n) is 20.0. The number of thioether (sulfide) groups is 1. The molecule has 1 saturated heterocycles. The number of hydrogen-bond donors (Lipinski definition) is 1. The molecule has 3 aliphatic heterocycles. The number of likely N-dealkylation sites (tertiary alicyclic amines) is 1. The third-order valence-electron chi connectivity index (χ3n) is 6.35. The summed E-state index contributed by atoms with van der Waals surface area (Å²) in [6.07, 6.45) is 3.25. The summed E-state index contributed by atoms with van der Waals surface area (Å²) in [5.41, 5.74) is 2.79. The van der Waals surface area contributed by atoms with E-state index in [-0.39, 0.29) is 12.3 Å². The fourth-order valence-corrected chi connectivity index (χ4v) is 5.62. The normalized spacial score (nSPS) is 20.1. The predicted octanol–water partition coefficient (Wildman–Crippen LogP) is 3.44. The smallest absolute Gasteiger partial charge is 0.338 e. The molecule has 34 heavy (non-hydrogen) atoms. The largest absolute Gasteiger partial charge is 0.496 e. The molecule has 3 aliphatic rings. The Bertz CT molecular complexity index is 1030. The van der Waals surface area contributed by atoms with Gasteiger partial charge in [0.25, 0.3) is 0 Å². The van der Waals surface area contributed by atoms with E-state index in [2.05, 4.69) is 10.2 Å². The van der Waals surface area contributed by atoms with E-state index < -0.39 is 12.0 Å². The van der Waals surface area contributed by atoms with E-state index in [0.29, 0.717) is 30.0 Å². The number of benzene rings is 1. The number of carbonyl (C=O) groups is 2. The van der Waals surface area contributed by atoms with Gasteiger partial charge in [-0.15, -0.1) is 0 Å². The van der Waals surface area contributed by atoms with Gasteiger partial charge in [0, 0.05) is 24.4 Å². The zero-order valence-corrected chi connectivity index (χ0v) is 20.8. The highest BCUT2D eigenvalue weighted by Crippen LogP contribution is 2.47. The summed E-state index contributed by atoms with van der Waals surface area (Å²) in [6, 6.07) is 7.13. The maximum atomic E-state index is 13.0. The van der Waals surface area contributed by atoms with Crippen molar-refractivity contribution < 1.29 is 19.1 Å².